The van der Waals surface area contributed by atoms with Crippen molar-refractivity contribution in [2.45, 2.75) is 30.5 Å². The molecule has 3 nitrogen and oxygen atoms in total. The van der Waals surface area contributed by atoms with Crippen molar-refractivity contribution in [3.05, 3.63) is 46.6 Å². The number of halogens is 3. The predicted molar refractivity (Wildman–Crippen MR) is 77.1 cm³/mol. The average molecular weight is 320 g/mol. The van der Waals surface area contributed by atoms with Crippen LogP contribution in [-0.4, -0.2) is 13.9 Å². The molecule has 0 bridgehead atoms. The summed E-state index contributed by atoms with van der Waals surface area (Å²) in [5.41, 5.74) is 2.99. The summed E-state index contributed by atoms with van der Waals surface area (Å²) < 4.78 is 3.45. The highest BCUT2D eigenvalue weighted by atomic mass is 35.6. The molecule has 6 heteroatoms. The van der Waals surface area contributed by atoms with Gasteiger partial charge in [-0.05, 0) is 25.0 Å². The van der Waals surface area contributed by atoms with E-state index in [1.807, 2.05) is 32.0 Å². The lowest BCUT2D eigenvalue weighted by molar-refractivity contribution is 0.385. The van der Waals surface area contributed by atoms with Crippen LogP contribution in [0.4, 0.5) is 0 Å². The van der Waals surface area contributed by atoms with Gasteiger partial charge in [-0.2, -0.15) is 4.98 Å². The first-order valence-corrected chi connectivity index (χ1v) is 6.86. The Balaban J connectivity index is 2.59. The van der Waals surface area contributed by atoms with Crippen molar-refractivity contribution in [1.82, 2.24) is 10.1 Å². The Bertz CT molecular complexity index is 590. The van der Waals surface area contributed by atoms with Crippen molar-refractivity contribution < 1.29 is 4.52 Å². The van der Waals surface area contributed by atoms with Gasteiger partial charge in [0.05, 0.1) is 5.92 Å². The molecule has 1 atom stereocenters. The topological polar surface area (TPSA) is 38.9 Å². The first-order chi connectivity index (χ1) is 8.79. The second-order valence-corrected chi connectivity index (χ2v) is 6.88. The van der Waals surface area contributed by atoms with Gasteiger partial charge in [0.1, 0.15) is 0 Å². The molecule has 0 aliphatic heterocycles. The number of aryl methyl sites for hydroxylation is 3. The van der Waals surface area contributed by atoms with Gasteiger partial charge in [0.2, 0.25) is 9.68 Å². The van der Waals surface area contributed by atoms with Gasteiger partial charge in [-0.15, -0.1) is 0 Å². The van der Waals surface area contributed by atoms with Gasteiger partial charge in [0.15, 0.2) is 5.82 Å². The van der Waals surface area contributed by atoms with Crippen LogP contribution in [0.1, 0.15) is 34.3 Å². The Hall–Kier alpha value is -0.770. The minimum absolute atomic E-state index is 0.381. The molecular formula is C13H13Cl3N2O. The summed E-state index contributed by atoms with van der Waals surface area (Å²) in [4.78, 5) is 4.19. The van der Waals surface area contributed by atoms with Gasteiger partial charge in [-0.3, -0.25) is 0 Å². The zero-order chi connectivity index (χ0) is 14.2. The highest BCUT2D eigenvalue weighted by Crippen LogP contribution is 2.45. The fourth-order valence-electron chi connectivity index (χ4n) is 1.96. The number of rotatable bonds is 2. The van der Waals surface area contributed by atoms with E-state index in [0.717, 1.165) is 16.7 Å². The smallest absolute Gasteiger partial charge is 0.223 e. The second-order valence-electron chi connectivity index (χ2n) is 4.51. The lowest BCUT2D eigenvalue weighted by atomic mass is 9.93. The molecular weight excluding hydrogens is 307 g/mol. The average Bonchev–Trinajstić information content (AvgIpc) is 2.68. The molecule has 2 rings (SSSR count). The highest BCUT2D eigenvalue weighted by Gasteiger charge is 2.39. The molecule has 0 radical (unpaired) electrons. The molecule has 1 aromatic carbocycles. The number of hydrogen-bond donors (Lipinski definition) is 0. The molecule has 0 aliphatic rings. The number of aromatic nitrogens is 2. The van der Waals surface area contributed by atoms with Gasteiger partial charge in [-0.1, -0.05) is 63.7 Å². The van der Waals surface area contributed by atoms with E-state index in [-0.39, 0.29) is 0 Å². The summed E-state index contributed by atoms with van der Waals surface area (Å²) in [6, 6.07) is 5.98. The van der Waals surface area contributed by atoms with E-state index in [4.69, 9.17) is 39.3 Å². The Labute approximate surface area is 126 Å². The molecule has 0 N–H and O–H groups in total. The summed E-state index contributed by atoms with van der Waals surface area (Å²) in [7, 11) is 0. The lowest BCUT2D eigenvalue weighted by Crippen LogP contribution is -2.21. The number of benzene rings is 1. The Kier molecular flexibility index (Phi) is 4.09. The third kappa shape index (κ3) is 3.22. The van der Waals surface area contributed by atoms with Gasteiger partial charge in [0, 0.05) is 6.92 Å². The Morgan fingerprint density at radius 3 is 2.37 bits per heavy atom. The van der Waals surface area contributed by atoms with E-state index in [2.05, 4.69) is 10.1 Å². The van der Waals surface area contributed by atoms with E-state index in [0.29, 0.717) is 11.7 Å². The van der Waals surface area contributed by atoms with Crippen molar-refractivity contribution in [3.8, 4) is 0 Å². The van der Waals surface area contributed by atoms with Gasteiger partial charge in [0.25, 0.3) is 0 Å². The standard InChI is InChI=1S/C13H13Cl3N2O/c1-7-4-5-8(2)10(6-7)11(13(14,15)16)12-17-9(3)19-18-12/h4-6,11H,1-3H3/t11-/m1/s1. The van der Waals surface area contributed by atoms with Crippen molar-refractivity contribution in [1.29, 1.82) is 0 Å². The third-order valence-electron chi connectivity index (χ3n) is 2.87. The normalized spacial score (nSPS) is 13.6. The van der Waals surface area contributed by atoms with Crippen molar-refractivity contribution >= 4 is 34.8 Å². The Morgan fingerprint density at radius 1 is 1.16 bits per heavy atom. The summed E-state index contributed by atoms with van der Waals surface area (Å²) in [6.45, 7) is 5.65. The monoisotopic (exact) mass is 318 g/mol. The van der Waals surface area contributed by atoms with Crippen LogP contribution in [0, 0.1) is 20.8 Å². The molecule has 0 saturated carbocycles. The number of nitrogens with zero attached hydrogens (tertiary/aromatic N) is 2. The molecule has 19 heavy (non-hydrogen) atoms. The first-order valence-electron chi connectivity index (χ1n) is 5.73. The van der Waals surface area contributed by atoms with Crippen LogP contribution in [0.25, 0.3) is 0 Å². The van der Waals surface area contributed by atoms with Gasteiger partial charge in [-0.25, -0.2) is 0 Å². The quantitative estimate of drug-likeness (QED) is 0.765. The molecule has 0 fully saturated rings. The van der Waals surface area contributed by atoms with Crippen LogP contribution in [0.2, 0.25) is 0 Å². The van der Waals surface area contributed by atoms with Crippen LogP contribution in [0.15, 0.2) is 22.7 Å². The Morgan fingerprint density at radius 2 is 1.84 bits per heavy atom. The fraction of sp³-hybridized carbons (Fsp3) is 0.385. The highest BCUT2D eigenvalue weighted by molar-refractivity contribution is 6.68. The van der Waals surface area contributed by atoms with E-state index < -0.39 is 9.71 Å². The molecule has 102 valence electrons. The maximum absolute atomic E-state index is 6.11. The molecule has 2 aromatic rings. The van der Waals surface area contributed by atoms with Crippen molar-refractivity contribution in [3.63, 3.8) is 0 Å². The summed E-state index contributed by atoms with van der Waals surface area (Å²) in [5.74, 6) is 0.264. The van der Waals surface area contributed by atoms with Crippen LogP contribution < -0.4 is 0 Å². The molecule has 1 aromatic heterocycles. The summed E-state index contributed by atoms with van der Waals surface area (Å²) >= 11 is 18.3. The van der Waals surface area contributed by atoms with E-state index >= 15 is 0 Å². The van der Waals surface area contributed by atoms with E-state index in [1.165, 1.54) is 0 Å². The molecule has 0 spiro atoms. The van der Waals surface area contributed by atoms with Crippen molar-refractivity contribution in [2.24, 2.45) is 0 Å². The minimum Gasteiger partial charge on any atom is -0.340 e. The molecule has 0 saturated heterocycles. The first kappa shape index (κ1) is 14.6. The third-order valence-corrected chi connectivity index (χ3v) is 3.53. The number of hydrogen-bond acceptors (Lipinski definition) is 3. The fourth-order valence-corrected chi connectivity index (χ4v) is 2.61. The predicted octanol–water partition coefficient (Wildman–Crippen LogP) is 4.50. The molecule has 0 unspecified atom stereocenters. The van der Waals surface area contributed by atoms with E-state index in [1.54, 1.807) is 6.92 Å². The molecule has 1 heterocycles. The molecule has 0 aliphatic carbocycles. The maximum atomic E-state index is 6.11. The van der Waals surface area contributed by atoms with Gasteiger partial charge >= 0.3 is 0 Å². The zero-order valence-electron chi connectivity index (χ0n) is 10.7. The number of alkyl halides is 3. The van der Waals surface area contributed by atoms with E-state index in [9.17, 15) is 0 Å². The van der Waals surface area contributed by atoms with Crippen LogP contribution in [-0.2, 0) is 0 Å². The SMILES string of the molecule is Cc1ccc(C)c([C@H](c2noc(C)n2)C(Cl)(Cl)Cl)c1. The van der Waals surface area contributed by atoms with Crippen LogP contribution >= 0.6 is 34.8 Å². The second kappa shape index (κ2) is 5.31. The molecule has 0 amide bonds. The van der Waals surface area contributed by atoms with Gasteiger partial charge < -0.3 is 4.52 Å². The maximum Gasteiger partial charge on any atom is 0.223 e. The van der Waals surface area contributed by atoms with Crippen molar-refractivity contribution in [2.75, 3.05) is 0 Å². The van der Waals surface area contributed by atoms with Crippen LogP contribution in [0.5, 0.6) is 0 Å². The summed E-state index contributed by atoms with van der Waals surface area (Å²) in [5, 5.41) is 3.89. The largest absolute Gasteiger partial charge is 0.340 e. The minimum atomic E-state index is -1.55. The van der Waals surface area contributed by atoms with Crippen LogP contribution in [0.3, 0.4) is 0 Å². The summed E-state index contributed by atoms with van der Waals surface area (Å²) in [6.07, 6.45) is 0. The zero-order valence-corrected chi connectivity index (χ0v) is 13.0. The lowest BCUT2D eigenvalue weighted by Gasteiger charge is -2.23.